The lowest BCUT2D eigenvalue weighted by Crippen LogP contribution is -2.44. The average Bonchev–Trinajstić information content (AvgIpc) is 3.14. The lowest BCUT2D eigenvalue weighted by atomic mass is 9.69. The largest absolute Gasteiger partial charge is 0.493 e. The van der Waals surface area contributed by atoms with Crippen LogP contribution in [0, 0.1) is 5.41 Å². The second-order valence-electron chi connectivity index (χ2n) is 8.32. The third-order valence-electron chi connectivity index (χ3n) is 6.40. The van der Waals surface area contributed by atoms with Crippen molar-refractivity contribution in [1.29, 1.82) is 0 Å². The average molecular weight is 456 g/mol. The Balaban J connectivity index is 1.80. The number of ketones is 1. The highest BCUT2D eigenvalue weighted by molar-refractivity contribution is 6.02. The van der Waals surface area contributed by atoms with Crippen LogP contribution in [0.1, 0.15) is 48.5 Å². The number of aliphatic hydroxyl groups excluding tert-OH is 1. The van der Waals surface area contributed by atoms with Crippen molar-refractivity contribution in [1.82, 2.24) is 0 Å². The minimum Gasteiger partial charge on any atom is -0.493 e. The molecule has 2 aliphatic rings. The molecule has 0 saturated heterocycles. The van der Waals surface area contributed by atoms with E-state index >= 15 is 0 Å². The van der Waals surface area contributed by atoms with E-state index in [0.29, 0.717) is 36.8 Å². The molecular formula is C25H28O8. The van der Waals surface area contributed by atoms with Gasteiger partial charge < -0.3 is 29.2 Å². The Kier molecular flexibility index (Phi) is 6.58. The van der Waals surface area contributed by atoms with Crippen LogP contribution in [-0.2, 0) is 16.0 Å². The summed E-state index contributed by atoms with van der Waals surface area (Å²) in [5.41, 5.74) is 2.20. The number of Topliss-reactive ketones (excluding diaryl/α,β-unsaturated/α-hetero) is 1. The molecule has 8 nitrogen and oxygen atoms in total. The highest BCUT2D eigenvalue weighted by Gasteiger charge is 2.47. The number of benzene rings is 2. The molecule has 2 aromatic rings. The van der Waals surface area contributed by atoms with Crippen molar-refractivity contribution in [3.63, 3.8) is 0 Å². The van der Waals surface area contributed by atoms with Crippen LogP contribution in [0.3, 0.4) is 0 Å². The third-order valence-corrected chi connectivity index (χ3v) is 6.40. The van der Waals surface area contributed by atoms with E-state index in [1.165, 1.54) is 7.11 Å². The summed E-state index contributed by atoms with van der Waals surface area (Å²) >= 11 is 0. The number of rotatable bonds is 9. The highest BCUT2D eigenvalue weighted by atomic mass is 16.7. The first-order valence-corrected chi connectivity index (χ1v) is 11.1. The molecule has 0 amide bonds. The third kappa shape index (κ3) is 4.28. The van der Waals surface area contributed by atoms with Gasteiger partial charge >= 0.3 is 12.4 Å². The fraction of sp³-hybridized carbons (Fsp3) is 0.440. The molecule has 33 heavy (non-hydrogen) atoms. The molecule has 8 heteroatoms. The standard InChI is InChI=1S/C25H28O8/c1-3-31-23(27)25(12-5-13-25)14-32-21-18(9-11-20(30-2)22(21)33-24(28)29)15-6-4-7-17-16(15)8-10-19(17)26/h4,6-7,9,11,24,28-29H,3,5,8,10,12-14H2,1-2H3. The number of aliphatic hydroxyl groups is 2. The number of fused-ring (bicyclic) bond motifs is 1. The van der Waals surface area contributed by atoms with Gasteiger partial charge in [-0.05, 0) is 49.4 Å². The van der Waals surface area contributed by atoms with Crippen molar-refractivity contribution in [3.05, 3.63) is 41.5 Å². The normalized spacial score (nSPS) is 16.2. The van der Waals surface area contributed by atoms with Crippen LogP contribution in [-0.4, -0.2) is 48.8 Å². The first-order valence-electron chi connectivity index (χ1n) is 11.1. The summed E-state index contributed by atoms with van der Waals surface area (Å²) in [6.45, 7) is -0.0304. The minimum atomic E-state index is -2.11. The van der Waals surface area contributed by atoms with Crippen LogP contribution in [0.15, 0.2) is 30.3 Å². The number of hydrogen-bond donors (Lipinski definition) is 2. The van der Waals surface area contributed by atoms with Gasteiger partial charge in [-0.15, -0.1) is 0 Å². The lowest BCUT2D eigenvalue weighted by molar-refractivity contribution is -0.181. The zero-order valence-electron chi connectivity index (χ0n) is 18.8. The molecule has 1 saturated carbocycles. The maximum Gasteiger partial charge on any atom is 0.315 e. The molecule has 0 radical (unpaired) electrons. The number of ether oxygens (including phenoxy) is 4. The van der Waals surface area contributed by atoms with Gasteiger partial charge in [0.1, 0.15) is 12.0 Å². The molecule has 2 aliphatic carbocycles. The molecule has 2 aromatic carbocycles. The van der Waals surface area contributed by atoms with Gasteiger partial charge in [0.2, 0.25) is 5.75 Å². The predicted octanol–water partition coefficient (Wildman–Crippen LogP) is 3.25. The van der Waals surface area contributed by atoms with Crippen LogP contribution in [0.4, 0.5) is 0 Å². The molecule has 0 spiro atoms. The second kappa shape index (κ2) is 9.41. The molecule has 0 aliphatic heterocycles. The fourth-order valence-electron chi connectivity index (χ4n) is 4.53. The molecule has 4 rings (SSSR count). The monoisotopic (exact) mass is 456 g/mol. The van der Waals surface area contributed by atoms with E-state index in [0.717, 1.165) is 17.5 Å². The summed E-state index contributed by atoms with van der Waals surface area (Å²) in [5, 5.41) is 19.1. The Labute approximate surface area is 192 Å². The van der Waals surface area contributed by atoms with Crippen molar-refractivity contribution in [3.8, 4) is 28.4 Å². The van der Waals surface area contributed by atoms with E-state index in [2.05, 4.69) is 0 Å². The second-order valence-corrected chi connectivity index (χ2v) is 8.32. The first-order chi connectivity index (χ1) is 15.9. The summed E-state index contributed by atoms with van der Waals surface area (Å²) in [5.74, 6) is 0.234. The zero-order chi connectivity index (χ0) is 23.6. The Morgan fingerprint density at radius 2 is 1.82 bits per heavy atom. The molecule has 0 atom stereocenters. The van der Waals surface area contributed by atoms with Gasteiger partial charge in [-0.2, -0.15) is 0 Å². The maximum atomic E-state index is 12.6. The van der Waals surface area contributed by atoms with Crippen molar-refractivity contribution in [2.24, 2.45) is 5.41 Å². The predicted molar refractivity (Wildman–Crippen MR) is 118 cm³/mol. The van der Waals surface area contributed by atoms with Gasteiger partial charge in [-0.1, -0.05) is 24.6 Å². The van der Waals surface area contributed by atoms with Crippen molar-refractivity contribution in [2.75, 3.05) is 20.3 Å². The summed E-state index contributed by atoms with van der Waals surface area (Å²) in [6.07, 6.45) is 3.20. The van der Waals surface area contributed by atoms with E-state index in [-0.39, 0.29) is 42.2 Å². The molecule has 2 N–H and O–H groups in total. The van der Waals surface area contributed by atoms with Crippen LogP contribution >= 0.6 is 0 Å². The minimum absolute atomic E-state index is 0.00487. The fourth-order valence-corrected chi connectivity index (χ4v) is 4.53. The number of carbonyl (C=O) groups is 2. The van der Waals surface area contributed by atoms with E-state index in [1.807, 2.05) is 6.07 Å². The molecule has 0 bridgehead atoms. The summed E-state index contributed by atoms with van der Waals surface area (Å²) in [6, 6.07) is 8.91. The van der Waals surface area contributed by atoms with Crippen molar-refractivity contribution >= 4 is 11.8 Å². The first kappa shape index (κ1) is 23.1. The summed E-state index contributed by atoms with van der Waals surface area (Å²) < 4.78 is 22.1. The molecule has 176 valence electrons. The summed E-state index contributed by atoms with van der Waals surface area (Å²) in [4.78, 5) is 24.9. The number of carbonyl (C=O) groups excluding carboxylic acids is 2. The van der Waals surface area contributed by atoms with Crippen LogP contribution < -0.4 is 14.2 Å². The number of esters is 1. The van der Waals surface area contributed by atoms with Crippen LogP contribution in [0.2, 0.25) is 0 Å². The van der Waals surface area contributed by atoms with Gasteiger partial charge in [0, 0.05) is 17.5 Å². The van der Waals surface area contributed by atoms with Gasteiger partial charge in [-0.3, -0.25) is 9.59 Å². The van der Waals surface area contributed by atoms with Crippen molar-refractivity contribution < 1.29 is 38.7 Å². The Bertz CT molecular complexity index is 1050. The quantitative estimate of drug-likeness (QED) is 0.437. The van der Waals surface area contributed by atoms with Gasteiger partial charge in [0.15, 0.2) is 17.3 Å². The van der Waals surface area contributed by atoms with Crippen LogP contribution in [0.5, 0.6) is 17.2 Å². The molecule has 0 heterocycles. The van der Waals surface area contributed by atoms with Gasteiger partial charge in [0.05, 0.1) is 13.7 Å². The zero-order valence-corrected chi connectivity index (χ0v) is 18.8. The van der Waals surface area contributed by atoms with E-state index < -0.39 is 11.9 Å². The topological polar surface area (TPSA) is 112 Å². The van der Waals surface area contributed by atoms with Gasteiger partial charge in [0.25, 0.3) is 0 Å². The SMILES string of the molecule is CCOC(=O)C1(COc2c(-c3cccc4c3CCC4=O)ccc(OC)c2OC(O)O)CCC1. The Morgan fingerprint density at radius 3 is 2.45 bits per heavy atom. The van der Waals surface area contributed by atoms with Crippen LogP contribution in [0.25, 0.3) is 11.1 Å². The van der Waals surface area contributed by atoms with E-state index in [1.54, 1.807) is 31.2 Å². The Hall–Kier alpha value is -3.10. The highest BCUT2D eigenvalue weighted by Crippen LogP contribution is 2.49. The van der Waals surface area contributed by atoms with E-state index in [9.17, 15) is 19.8 Å². The van der Waals surface area contributed by atoms with E-state index in [4.69, 9.17) is 18.9 Å². The smallest absolute Gasteiger partial charge is 0.315 e. The lowest BCUT2D eigenvalue weighted by Gasteiger charge is -2.38. The molecule has 0 unspecified atom stereocenters. The van der Waals surface area contributed by atoms with Gasteiger partial charge in [-0.25, -0.2) is 0 Å². The maximum absolute atomic E-state index is 12.6. The Morgan fingerprint density at radius 1 is 1.06 bits per heavy atom. The summed E-state index contributed by atoms with van der Waals surface area (Å²) in [7, 11) is 1.43. The number of methoxy groups -OCH3 is 1. The molecule has 1 fully saturated rings. The molecule has 0 aromatic heterocycles. The number of hydrogen-bond acceptors (Lipinski definition) is 8. The van der Waals surface area contributed by atoms with Crippen molar-refractivity contribution in [2.45, 2.75) is 45.5 Å². The molecular weight excluding hydrogens is 428 g/mol.